The van der Waals surface area contributed by atoms with Crippen LogP contribution < -0.4 is 10.6 Å². The predicted molar refractivity (Wildman–Crippen MR) is 122 cm³/mol. The first-order chi connectivity index (χ1) is 14.4. The van der Waals surface area contributed by atoms with Crippen molar-refractivity contribution in [2.75, 3.05) is 26.7 Å². The van der Waals surface area contributed by atoms with E-state index in [4.69, 9.17) is 0 Å². The second-order valence-electron chi connectivity index (χ2n) is 7.79. The van der Waals surface area contributed by atoms with Crippen LogP contribution in [0.25, 0.3) is 0 Å². The Hall–Kier alpha value is -1.97. The molecule has 2 heterocycles. The van der Waals surface area contributed by atoms with Gasteiger partial charge in [-0.15, -0.1) is 11.3 Å². The van der Waals surface area contributed by atoms with Crippen LogP contribution in [-0.2, 0) is 16.6 Å². The smallest absolute Gasteiger partial charge is 0.243 e. The SMILES string of the molecule is CN=C(NCc1nc(C(C)C)cs1)NCC1CCN(S(=O)(=O)c2ccccc2)CC1. The number of sulfonamides is 1. The van der Waals surface area contributed by atoms with Crippen molar-refractivity contribution < 1.29 is 8.42 Å². The van der Waals surface area contributed by atoms with Crippen molar-refractivity contribution in [1.29, 1.82) is 0 Å². The molecule has 0 spiro atoms. The summed E-state index contributed by atoms with van der Waals surface area (Å²) in [6.45, 7) is 6.80. The Morgan fingerprint density at radius 3 is 2.53 bits per heavy atom. The highest BCUT2D eigenvalue weighted by atomic mass is 32.2. The molecule has 0 aliphatic carbocycles. The van der Waals surface area contributed by atoms with Crippen LogP contribution in [0.2, 0.25) is 0 Å². The summed E-state index contributed by atoms with van der Waals surface area (Å²) in [5.41, 5.74) is 1.12. The zero-order valence-corrected chi connectivity index (χ0v) is 19.5. The standard InChI is InChI=1S/C21H31N5O2S2/c1-16(2)19-15-29-20(25-19)14-24-21(22-3)23-13-17-9-11-26(12-10-17)30(27,28)18-7-5-4-6-8-18/h4-8,15-17H,9-14H2,1-3H3,(H2,22,23,24). The molecule has 0 amide bonds. The second kappa shape index (κ2) is 10.4. The largest absolute Gasteiger partial charge is 0.356 e. The first kappa shape index (κ1) is 22.7. The maximum Gasteiger partial charge on any atom is 0.243 e. The maximum absolute atomic E-state index is 12.7. The van der Waals surface area contributed by atoms with E-state index in [2.05, 4.69) is 39.8 Å². The minimum atomic E-state index is -3.39. The van der Waals surface area contributed by atoms with Crippen LogP contribution >= 0.6 is 11.3 Å². The Bertz CT molecular complexity index is 933. The monoisotopic (exact) mass is 449 g/mol. The van der Waals surface area contributed by atoms with Gasteiger partial charge in [0.25, 0.3) is 0 Å². The molecule has 1 aromatic carbocycles. The molecule has 0 unspecified atom stereocenters. The van der Waals surface area contributed by atoms with E-state index in [1.165, 1.54) is 0 Å². The van der Waals surface area contributed by atoms with Crippen molar-refractivity contribution in [3.63, 3.8) is 0 Å². The lowest BCUT2D eigenvalue weighted by molar-refractivity contribution is 0.273. The van der Waals surface area contributed by atoms with Gasteiger partial charge in [0.05, 0.1) is 17.1 Å². The van der Waals surface area contributed by atoms with Crippen molar-refractivity contribution in [3.8, 4) is 0 Å². The average Bonchev–Trinajstić information content (AvgIpc) is 3.24. The molecule has 0 saturated carbocycles. The number of rotatable bonds is 7. The molecule has 0 radical (unpaired) electrons. The lowest BCUT2D eigenvalue weighted by atomic mass is 9.98. The van der Waals surface area contributed by atoms with Gasteiger partial charge in [0, 0.05) is 32.1 Å². The van der Waals surface area contributed by atoms with Crippen LogP contribution in [0.1, 0.15) is 43.3 Å². The number of thiazole rings is 1. The third-order valence-corrected chi connectivity index (χ3v) is 8.08. The molecule has 2 N–H and O–H groups in total. The lowest BCUT2D eigenvalue weighted by Crippen LogP contribution is -2.44. The minimum absolute atomic E-state index is 0.369. The molecule has 1 aromatic heterocycles. The molecule has 7 nitrogen and oxygen atoms in total. The molecule has 30 heavy (non-hydrogen) atoms. The fraction of sp³-hybridized carbons (Fsp3) is 0.524. The van der Waals surface area contributed by atoms with Gasteiger partial charge < -0.3 is 10.6 Å². The Kier molecular flexibility index (Phi) is 7.85. The Morgan fingerprint density at radius 1 is 1.23 bits per heavy atom. The number of piperidine rings is 1. The number of aliphatic imine (C=N–C) groups is 1. The molecule has 3 rings (SSSR count). The Morgan fingerprint density at radius 2 is 1.93 bits per heavy atom. The molecular weight excluding hydrogens is 418 g/mol. The van der Waals surface area contributed by atoms with Gasteiger partial charge in [0.1, 0.15) is 5.01 Å². The predicted octanol–water partition coefficient (Wildman–Crippen LogP) is 3.03. The van der Waals surface area contributed by atoms with Crippen LogP contribution in [-0.4, -0.2) is 50.3 Å². The molecule has 1 aliphatic rings. The van der Waals surface area contributed by atoms with E-state index >= 15 is 0 Å². The van der Waals surface area contributed by atoms with Gasteiger partial charge in [-0.3, -0.25) is 4.99 Å². The second-order valence-corrected chi connectivity index (χ2v) is 10.7. The quantitative estimate of drug-likeness (QED) is 0.501. The zero-order valence-electron chi connectivity index (χ0n) is 17.8. The van der Waals surface area contributed by atoms with E-state index in [9.17, 15) is 8.42 Å². The summed E-state index contributed by atoms with van der Waals surface area (Å²) in [5.74, 6) is 1.60. The summed E-state index contributed by atoms with van der Waals surface area (Å²) in [5, 5.41) is 9.83. The van der Waals surface area contributed by atoms with Crippen molar-refractivity contribution in [2.45, 2.75) is 44.0 Å². The van der Waals surface area contributed by atoms with Crippen LogP contribution in [0.4, 0.5) is 0 Å². The van der Waals surface area contributed by atoms with E-state index in [1.807, 2.05) is 6.07 Å². The van der Waals surface area contributed by atoms with E-state index in [0.717, 1.165) is 36.0 Å². The summed E-state index contributed by atoms with van der Waals surface area (Å²) >= 11 is 1.66. The highest BCUT2D eigenvalue weighted by Crippen LogP contribution is 2.23. The van der Waals surface area contributed by atoms with E-state index in [0.29, 0.717) is 36.4 Å². The Balaban J connectivity index is 1.44. The van der Waals surface area contributed by atoms with Gasteiger partial charge in [-0.1, -0.05) is 32.0 Å². The third-order valence-electron chi connectivity index (χ3n) is 5.30. The fourth-order valence-corrected chi connectivity index (χ4v) is 5.77. The maximum atomic E-state index is 12.7. The minimum Gasteiger partial charge on any atom is -0.356 e. The fourth-order valence-electron chi connectivity index (χ4n) is 3.39. The van der Waals surface area contributed by atoms with Gasteiger partial charge >= 0.3 is 0 Å². The van der Waals surface area contributed by atoms with Gasteiger partial charge in [0.2, 0.25) is 10.0 Å². The molecular formula is C21H31N5O2S2. The number of hydrogen-bond acceptors (Lipinski definition) is 5. The summed E-state index contributed by atoms with van der Waals surface area (Å²) < 4.78 is 27.1. The van der Waals surface area contributed by atoms with E-state index in [1.54, 1.807) is 47.0 Å². The summed E-state index contributed by atoms with van der Waals surface area (Å²) in [4.78, 5) is 9.29. The number of guanidine groups is 1. The molecule has 1 saturated heterocycles. The van der Waals surface area contributed by atoms with Crippen LogP contribution in [0.3, 0.4) is 0 Å². The van der Waals surface area contributed by atoms with Gasteiger partial charge in [-0.2, -0.15) is 4.31 Å². The number of nitrogens with zero attached hydrogens (tertiary/aromatic N) is 3. The lowest BCUT2D eigenvalue weighted by Gasteiger charge is -2.31. The normalized spacial score (nSPS) is 16.7. The highest BCUT2D eigenvalue weighted by molar-refractivity contribution is 7.89. The topological polar surface area (TPSA) is 86.7 Å². The average molecular weight is 450 g/mol. The van der Waals surface area contributed by atoms with Gasteiger partial charge in [-0.25, -0.2) is 13.4 Å². The molecule has 1 fully saturated rings. The molecule has 9 heteroatoms. The third kappa shape index (κ3) is 5.80. The Labute approximate surface area is 183 Å². The summed E-state index contributed by atoms with van der Waals surface area (Å²) in [7, 11) is -1.64. The van der Waals surface area contributed by atoms with Crippen LogP contribution in [0.5, 0.6) is 0 Å². The van der Waals surface area contributed by atoms with Crippen LogP contribution in [0.15, 0.2) is 45.6 Å². The van der Waals surface area contributed by atoms with Crippen molar-refractivity contribution >= 4 is 27.3 Å². The van der Waals surface area contributed by atoms with Gasteiger partial charge in [-0.05, 0) is 36.8 Å². The number of benzene rings is 1. The molecule has 0 bridgehead atoms. The van der Waals surface area contributed by atoms with Crippen LogP contribution in [0, 0.1) is 5.92 Å². The summed E-state index contributed by atoms with van der Waals surface area (Å²) in [6.07, 6.45) is 1.67. The molecule has 164 valence electrons. The number of hydrogen-bond donors (Lipinski definition) is 2. The molecule has 2 aromatic rings. The first-order valence-corrected chi connectivity index (χ1v) is 12.7. The number of nitrogens with one attached hydrogen (secondary N) is 2. The number of aromatic nitrogens is 1. The molecule has 0 atom stereocenters. The summed E-state index contributed by atoms with van der Waals surface area (Å²) in [6, 6.07) is 8.67. The van der Waals surface area contributed by atoms with Gasteiger partial charge in [0.15, 0.2) is 5.96 Å². The van der Waals surface area contributed by atoms with Crippen molar-refractivity contribution in [2.24, 2.45) is 10.9 Å². The van der Waals surface area contributed by atoms with E-state index < -0.39 is 10.0 Å². The molecule has 1 aliphatic heterocycles. The van der Waals surface area contributed by atoms with Crippen molar-refractivity contribution in [1.82, 2.24) is 19.9 Å². The highest BCUT2D eigenvalue weighted by Gasteiger charge is 2.29. The van der Waals surface area contributed by atoms with E-state index in [-0.39, 0.29) is 0 Å². The zero-order chi connectivity index (χ0) is 21.6. The van der Waals surface area contributed by atoms with Crippen molar-refractivity contribution in [3.05, 3.63) is 46.4 Å². The first-order valence-electron chi connectivity index (χ1n) is 10.3.